The van der Waals surface area contributed by atoms with Crippen molar-refractivity contribution in [1.82, 2.24) is 14.8 Å². The molecule has 0 aliphatic rings. The molecule has 108 valence electrons. The van der Waals surface area contributed by atoms with Gasteiger partial charge in [-0.15, -0.1) is 0 Å². The van der Waals surface area contributed by atoms with Crippen LogP contribution in [0.1, 0.15) is 37.7 Å². The minimum Gasteiger partial charge on any atom is -0.385 e. The lowest BCUT2D eigenvalue weighted by Gasteiger charge is -2.23. The lowest BCUT2D eigenvalue weighted by atomic mass is 9.92. The molecule has 0 spiro atoms. The van der Waals surface area contributed by atoms with Gasteiger partial charge in [0.25, 0.3) is 0 Å². The van der Waals surface area contributed by atoms with Gasteiger partial charge in [0.1, 0.15) is 5.82 Å². The molecule has 2 aromatic heterocycles. The van der Waals surface area contributed by atoms with Crippen molar-refractivity contribution < 1.29 is 9.50 Å². The number of aryl methyl sites for hydroxylation is 2. The Kier molecular flexibility index (Phi) is 4.18. The highest BCUT2D eigenvalue weighted by Gasteiger charge is 2.26. The molecular formula is C15H20FN3O. The van der Waals surface area contributed by atoms with E-state index in [0.29, 0.717) is 12.0 Å². The fourth-order valence-electron chi connectivity index (χ4n) is 2.26. The second-order valence-corrected chi connectivity index (χ2v) is 5.14. The molecule has 1 atom stereocenters. The van der Waals surface area contributed by atoms with Gasteiger partial charge < -0.3 is 5.11 Å². The molecule has 2 aromatic rings. The number of hydrogen-bond donors (Lipinski definition) is 1. The zero-order chi connectivity index (χ0) is 14.8. The molecular weight excluding hydrogens is 257 g/mol. The van der Waals surface area contributed by atoms with Crippen molar-refractivity contribution in [3.05, 3.63) is 47.3 Å². The van der Waals surface area contributed by atoms with Crippen LogP contribution in [0, 0.1) is 5.82 Å². The minimum absolute atomic E-state index is 0.374. The van der Waals surface area contributed by atoms with Crippen LogP contribution >= 0.6 is 0 Å². The van der Waals surface area contributed by atoms with E-state index in [4.69, 9.17) is 0 Å². The summed E-state index contributed by atoms with van der Waals surface area (Å²) in [6.45, 7) is 6.46. The standard InChI is InChI=1S/C15H20FN3O/c1-4-13-7-14(19(5-2)18-13)8-15(3,20)11-6-12(16)10-17-9-11/h6-7,9-10,20H,4-5,8H2,1-3H3. The van der Waals surface area contributed by atoms with Crippen molar-refractivity contribution in [2.75, 3.05) is 0 Å². The Morgan fingerprint density at radius 1 is 1.30 bits per heavy atom. The smallest absolute Gasteiger partial charge is 0.141 e. The molecule has 1 N–H and O–H groups in total. The van der Waals surface area contributed by atoms with E-state index in [2.05, 4.69) is 10.1 Å². The Balaban J connectivity index is 2.30. The summed E-state index contributed by atoms with van der Waals surface area (Å²) in [4.78, 5) is 3.80. The van der Waals surface area contributed by atoms with E-state index >= 15 is 0 Å². The van der Waals surface area contributed by atoms with Crippen molar-refractivity contribution in [1.29, 1.82) is 0 Å². The van der Waals surface area contributed by atoms with Crippen LogP contribution in [0.2, 0.25) is 0 Å². The van der Waals surface area contributed by atoms with Crippen molar-refractivity contribution in [2.45, 2.75) is 45.8 Å². The van der Waals surface area contributed by atoms with Crippen LogP contribution in [0.5, 0.6) is 0 Å². The topological polar surface area (TPSA) is 50.9 Å². The van der Waals surface area contributed by atoms with Crippen molar-refractivity contribution in [2.24, 2.45) is 0 Å². The number of pyridine rings is 1. The highest BCUT2D eigenvalue weighted by atomic mass is 19.1. The number of rotatable bonds is 5. The average Bonchev–Trinajstić information content (AvgIpc) is 2.80. The van der Waals surface area contributed by atoms with Gasteiger partial charge >= 0.3 is 0 Å². The normalized spacial score (nSPS) is 14.2. The molecule has 1 unspecified atom stereocenters. The van der Waals surface area contributed by atoms with Gasteiger partial charge in [-0.2, -0.15) is 5.10 Å². The molecule has 0 fully saturated rings. The van der Waals surface area contributed by atoms with Gasteiger partial charge in [0.15, 0.2) is 0 Å². The molecule has 0 saturated heterocycles. The summed E-state index contributed by atoms with van der Waals surface area (Å²) in [7, 11) is 0. The first kappa shape index (κ1) is 14.7. The van der Waals surface area contributed by atoms with Gasteiger partial charge in [-0.3, -0.25) is 9.67 Å². The molecule has 5 heteroatoms. The molecule has 0 bridgehead atoms. The fourth-order valence-corrected chi connectivity index (χ4v) is 2.26. The van der Waals surface area contributed by atoms with E-state index in [1.54, 1.807) is 6.92 Å². The average molecular weight is 277 g/mol. The Labute approximate surface area is 118 Å². The maximum absolute atomic E-state index is 13.2. The Morgan fingerprint density at radius 2 is 2.05 bits per heavy atom. The monoisotopic (exact) mass is 277 g/mol. The third-order valence-corrected chi connectivity index (χ3v) is 3.43. The van der Waals surface area contributed by atoms with E-state index in [1.807, 2.05) is 24.6 Å². The molecule has 0 radical (unpaired) electrons. The number of aromatic nitrogens is 3. The summed E-state index contributed by atoms with van der Waals surface area (Å²) >= 11 is 0. The predicted octanol–water partition coefficient (Wildman–Crippen LogP) is 2.45. The summed E-state index contributed by atoms with van der Waals surface area (Å²) in [5.74, 6) is -0.443. The Hall–Kier alpha value is -1.75. The van der Waals surface area contributed by atoms with Crippen molar-refractivity contribution in [3.63, 3.8) is 0 Å². The lowest BCUT2D eigenvalue weighted by molar-refractivity contribution is 0.0547. The summed E-state index contributed by atoms with van der Waals surface area (Å²) < 4.78 is 15.1. The summed E-state index contributed by atoms with van der Waals surface area (Å²) in [6.07, 6.45) is 3.85. The van der Waals surface area contributed by atoms with E-state index in [9.17, 15) is 9.50 Å². The van der Waals surface area contributed by atoms with Gasteiger partial charge in [0.05, 0.1) is 17.5 Å². The number of nitrogens with zero attached hydrogens (tertiary/aromatic N) is 3. The first-order chi connectivity index (χ1) is 9.46. The predicted molar refractivity (Wildman–Crippen MR) is 74.7 cm³/mol. The molecule has 4 nitrogen and oxygen atoms in total. The zero-order valence-electron chi connectivity index (χ0n) is 12.1. The van der Waals surface area contributed by atoms with Gasteiger partial charge in [-0.25, -0.2) is 4.39 Å². The van der Waals surface area contributed by atoms with Gasteiger partial charge in [0.2, 0.25) is 0 Å². The fraction of sp³-hybridized carbons (Fsp3) is 0.467. The molecule has 0 aliphatic heterocycles. The molecule has 20 heavy (non-hydrogen) atoms. The third kappa shape index (κ3) is 3.04. The number of hydrogen-bond acceptors (Lipinski definition) is 3. The third-order valence-electron chi connectivity index (χ3n) is 3.43. The van der Waals surface area contributed by atoms with Gasteiger partial charge in [0, 0.05) is 30.4 Å². The molecule has 0 aliphatic carbocycles. The van der Waals surface area contributed by atoms with E-state index in [-0.39, 0.29) is 0 Å². The largest absolute Gasteiger partial charge is 0.385 e. The van der Waals surface area contributed by atoms with Gasteiger partial charge in [-0.05, 0) is 32.4 Å². The molecule has 2 rings (SSSR count). The van der Waals surface area contributed by atoms with Crippen molar-refractivity contribution in [3.8, 4) is 0 Å². The first-order valence-corrected chi connectivity index (χ1v) is 6.85. The quantitative estimate of drug-likeness (QED) is 0.913. The van der Waals surface area contributed by atoms with Crippen LogP contribution in [-0.2, 0) is 25.0 Å². The molecule has 2 heterocycles. The van der Waals surface area contributed by atoms with Crippen LogP contribution in [0.3, 0.4) is 0 Å². The van der Waals surface area contributed by atoms with Crippen LogP contribution in [0.15, 0.2) is 24.5 Å². The highest BCUT2D eigenvalue weighted by molar-refractivity contribution is 5.22. The summed E-state index contributed by atoms with van der Waals surface area (Å²) in [6, 6.07) is 3.31. The first-order valence-electron chi connectivity index (χ1n) is 6.85. The second-order valence-electron chi connectivity index (χ2n) is 5.14. The maximum atomic E-state index is 13.2. The number of aliphatic hydroxyl groups is 1. The summed E-state index contributed by atoms with van der Waals surface area (Å²) in [5, 5.41) is 15.1. The van der Waals surface area contributed by atoms with Gasteiger partial charge in [-0.1, -0.05) is 6.92 Å². The van der Waals surface area contributed by atoms with Crippen LogP contribution < -0.4 is 0 Å². The maximum Gasteiger partial charge on any atom is 0.141 e. The Bertz CT molecular complexity index is 593. The van der Waals surface area contributed by atoms with Crippen LogP contribution in [0.25, 0.3) is 0 Å². The van der Waals surface area contributed by atoms with Crippen LogP contribution in [0.4, 0.5) is 4.39 Å². The number of halogens is 1. The summed E-state index contributed by atoms with van der Waals surface area (Å²) in [5.41, 5.74) is 1.24. The van der Waals surface area contributed by atoms with Crippen LogP contribution in [-0.4, -0.2) is 19.9 Å². The van der Waals surface area contributed by atoms with E-state index in [1.165, 1.54) is 12.3 Å². The van der Waals surface area contributed by atoms with Crippen molar-refractivity contribution >= 4 is 0 Å². The highest BCUT2D eigenvalue weighted by Crippen LogP contribution is 2.25. The minimum atomic E-state index is -1.17. The second kappa shape index (κ2) is 5.71. The zero-order valence-corrected chi connectivity index (χ0v) is 12.1. The molecule has 0 aromatic carbocycles. The Morgan fingerprint density at radius 3 is 2.65 bits per heavy atom. The molecule has 0 saturated carbocycles. The van der Waals surface area contributed by atoms with E-state index in [0.717, 1.165) is 30.6 Å². The SMILES string of the molecule is CCc1cc(CC(C)(O)c2cncc(F)c2)n(CC)n1. The molecule has 0 amide bonds. The van der Waals surface area contributed by atoms with E-state index < -0.39 is 11.4 Å². The lowest BCUT2D eigenvalue weighted by Crippen LogP contribution is -2.26.